The van der Waals surface area contributed by atoms with Crippen LogP contribution in [0.15, 0.2) is 36.4 Å². The van der Waals surface area contributed by atoms with Crippen molar-refractivity contribution >= 4 is 41.1 Å². The highest BCUT2D eigenvalue weighted by Gasteiger charge is 2.41. The summed E-state index contributed by atoms with van der Waals surface area (Å²) in [6.45, 7) is 11.8. The van der Waals surface area contributed by atoms with Crippen LogP contribution >= 0.6 is 11.6 Å². The maximum atomic E-state index is 13.3. The first kappa shape index (κ1) is 27.4. The van der Waals surface area contributed by atoms with Crippen LogP contribution in [0.3, 0.4) is 0 Å². The molecular weight excluding hydrogens is 514 g/mol. The number of anilines is 2. The minimum absolute atomic E-state index is 0.242. The highest BCUT2D eigenvalue weighted by molar-refractivity contribution is 6.32. The molecule has 3 aliphatic heterocycles. The summed E-state index contributed by atoms with van der Waals surface area (Å²) in [6.07, 6.45) is 6.86. The molecule has 2 saturated heterocycles. The quantitative estimate of drug-likeness (QED) is 0.457. The highest BCUT2D eigenvalue weighted by atomic mass is 35.5. The van der Waals surface area contributed by atoms with Crippen LogP contribution in [-0.4, -0.2) is 53.8 Å². The number of hydrogen-bond donors (Lipinski definition) is 1. The summed E-state index contributed by atoms with van der Waals surface area (Å²) < 4.78 is 12.1. The molecule has 0 aliphatic carbocycles. The van der Waals surface area contributed by atoms with Gasteiger partial charge in [-0.2, -0.15) is 0 Å². The van der Waals surface area contributed by atoms with Crippen LogP contribution in [0, 0.1) is 13.8 Å². The number of carbonyl (C=O) groups excluding carboxylic acids is 2. The number of piperidine rings is 1. The number of likely N-dealkylation sites (tertiary alicyclic amines) is 1. The standard InChI is InChI=1S/C31H38ClN3O4/c1-20-14-21(2)16-24(15-20)34-13-11-31(19-34)10-9-22-17-23(18-25(32)27(22)38-31)33-28(36)26-8-6-7-12-35(26)29(37)39-30(3,4)5/h9-10,14-18,26H,6-8,11-13,19H2,1-5H3,(H,33,36)/t26-,31?/m1/s1. The van der Waals surface area contributed by atoms with Crippen LogP contribution in [-0.2, 0) is 9.53 Å². The van der Waals surface area contributed by atoms with Crippen LogP contribution in [0.4, 0.5) is 16.2 Å². The molecule has 0 radical (unpaired) electrons. The molecule has 2 aromatic carbocycles. The van der Waals surface area contributed by atoms with E-state index in [-0.39, 0.29) is 5.91 Å². The number of fused-ring (bicyclic) bond motifs is 1. The van der Waals surface area contributed by atoms with Crippen molar-refractivity contribution in [3.8, 4) is 5.75 Å². The summed E-state index contributed by atoms with van der Waals surface area (Å²) in [5, 5.41) is 3.43. The molecular formula is C31H38ClN3O4. The lowest BCUT2D eigenvalue weighted by Crippen LogP contribution is -2.51. The van der Waals surface area contributed by atoms with Gasteiger partial charge in [0.1, 0.15) is 23.0 Å². The molecule has 1 spiro atoms. The van der Waals surface area contributed by atoms with Gasteiger partial charge in [-0.05, 0) is 95.3 Å². The van der Waals surface area contributed by atoms with E-state index in [1.54, 1.807) is 11.0 Å². The Bertz CT molecular complexity index is 1300. The molecule has 208 valence electrons. The molecule has 2 fully saturated rings. The van der Waals surface area contributed by atoms with Gasteiger partial charge in [-0.1, -0.05) is 23.7 Å². The molecule has 8 heteroatoms. The Morgan fingerprint density at radius 2 is 1.82 bits per heavy atom. The topological polar surface area (TPSA) is 71.1 Å². The predicted octanol–water partition coefficient (Wildman–Crippen LogP) is 6.74. The molecule has 0 saturated carbocycles. The van der Waals surface area contributed by atoms with Crippen molar-refractivity contribution in [1.82, 2.24) is 4.90 Å². The first-order chi connectivity index (χ1) is 18.4. The van der Waals surface area contributed by atoms with Gasteiger partial charge in [-0.3, -0.25) is 9.69 Å². The average molecular weight is 552 g/mol. The normalized spacial score (nSPS) is 22.5. The van der Waals surface area contributed by atoms with Crippen LogP contribution in [0.2, 0.25) is 5.02 Å². The molecule has 5 rings (SSSR count). The minimum Gasteiger partial charge on any atom is -0.479 e. The minimum atomic E-state index is -0.624. The number of halogens is 1. The van der Waals surface area contributed by atoms with Gasteiger partial charge in [0.15, 0.2) is 0 Å². The lowest BCUT2D eigenvalue weighted by atomic mass is 9.97. The number of nitrogens with zero attached hydrogens (tertiary/aromatic N) is 2. The summed E-state index contributed by atoms with van der Waals surface area (Å²) in [4.78, 5) is 30.0. The van der Waals surface area contributed by atoms with Crippen LogP contribution in [0.5, 0.6) is 5.75 Å². The zero-order valence-corrected chi connectivity index (χ0v) is 24.2. The summed E-state index contributed by atoms with van der Waals surface area (Å²) in [6, 6.07) is 9.62. The molecule has 0 aromatic heterocycles. The van der Waals surface area contributed by atoms with E-state index in [0.717, 1.165) is 37.9 Å². The van der Waals surface area contributed by atoms with Crippen molar-refractivity contribution in [3.63, 3.8) is 0 Å². The molecule has 2 aromatic rings. The lowest BCUT2D eigenvalue weighted by molar-refractivity contribution is -0.122. The molecule has 2 amide bonds. The number of benzene rings is 2. The third-order valence-corrected chi connectivity index (χ3v) is 7.76. The third-order valence-electron chi connectivity index (χ3n) is 7.48. The molecule has 39 heavy (non-hydrogen) atoms. The summed E-state index contributed by atoms with van der Waals surface area (Å²) in [5.74, 6) is 0.390. The van der Waals surface area contributed by atoms with E-state index in [1.165, 1.54) is 16.8 Å². The Balaban J connectivity index is 1.30. The number of rotatable bonds is 3. The Morgan fingerprint density at radius 3 is 2.54 bits per heavy atom. The second-order valence-electron chi connectivity index (χ2n) is 12.1. The van der Waals surface area contributed by atoms with Crippen LogP contribution < -0.4 is 15.0 Å². The van der Waals surface area contributed by atoms with E-state index in [4.69, 9.17) is 21.1 Å². The first-order valence-electron chi connectivity index (χ1n) is 13.8. The summed E-state index contributed by atoms with van der Waals surface area (Å²) in [7, 11) is 0. The van der Waals surface area contributed by atoms with Crippen molar-refractivity contribution in [3.05, 3.63) is 58.1 Å². The predicted molar refractivity (Wildman–Crippen MR) is 156 cm³/mol. The SMILES string of the molecule is Cc1cc(C)cc(N2CCC3(C=Cc4cc(NC(=O)[C@H]5CCCCN5C(=O)OC(C)(C)C)cc(Cl)c4O3)C2)c1. The molecule has 2 atom stereocenters. The summed E-state index contributed by atoms with van der Waals surface area (Å²) in [5.41, 5.74) is 4.02. The van der Waals surface area contributed by atoms with E-state index in [1.807, 2.05) is 32.9 Å². The Morgan fingerprint density at radius 1 is 1.08 bits per heavy atom. The first-order valence-corrected chi connectivity index (χ1v) is 14.1. The molecule has 1 unspecified atom stereocenters. The van der Waals surface area contributed by atoms with Crippen LogP contribution in [0.1, 0.15) is 63.1 Å². The summed E-state index contributed by atoms with van der Waals surface area (Å²) >= 11 is 6.72. The number of hydrogen-bond acceptors (Lipinski definition) is 5. The maximum absolute atomic E-state index is 13.3. The number of carbonyl (C=O) groups is 2. The fourth-order valence-corrected chi connectivity index (χ4v) is 6.01. The number of nitrogens with one attached hydrogen (secondary N) is 1. The Labute approximate surface area is 236 Å². The van der Waals surface area contributed by atoms with Crippen molar-refractivity contribution in [1.29, 1.82) is 0 Å². The molecule has 7 nitrogen and oxygen atoms in total. The third kappa shape index (κ3) is 6.03. The average Bonchev–Trinajstić information content (AvgIpc) is 3.26. The van der Waals surface area contributed by atoms with E-state index < -0.39 is 23.3 Å². The maximum Gasteiger partial charge on any atom is 0.410 e. The van der Waals surface area contributed by atoms with Crippen LogP contribution in [0.25, 0.3) is 6.08 Å². The lowest BCUT2D eigenvalue weighted by Gasteiger charge is -2.36. The van der Waals surface area contributed by atoms with Gasteiger partial charge in [-0.15, -0.1) is 0 Å². The second kappa shape index (κ2) is 10.4. The molecule has 0 bridgehead atoms. The van der Waals surface area contributed by atoms with Gasteiger partial charge in [-0.25, -0.2) is 4.79 Å². The van der Waals surface area contributed by atoms with Crippen molar-refractivity contribution in [2.45, 2.75) is 77.5 Å². The number of aryl methyl sites for hydroxylation is 2. The van der Waals surface area contributed by atoms with Gasteiger partial charge in [0.25, 0.3) is 0 Å². The fourth-order valence-electron chi connectivity index (χ4n) is 5.74. The monoisotopic (exact) mass is 551 g/mol. The highest BCUT2D eigenvalue weighted by Crippen LogP contribution is 2.43. The molecule has 3 heterocycles. The molecule has 3 aliphatic rings. The van der Waals surface area contributed by atoms with E-state index in [9.17, 15) is 9.59 Å². The molecule has 1 N–H and O–H groups in total. The smallest absolute Gasteiger partial charge is 0.410 e. The Hall–Kier alpha value is -3.19. The van der Waals surface area contributed by atoms with E-state index >= 15 is 0 Å². The number of amides is 2. The van der Waals surface area contributed by atoms with Crippen molar-refractivity contribution in [2.24, 2.45) is 0 Å². The zero-order valence-electron chi connectivity index (χ0n) is 23.5. The van der Waals surface area contributed by atoms with Gasteiger partial charge in [0, 0.05) is 36.4 Å². The van der Waals surface area contributed by atoms with Crippen molar-refractivity contribution in [2.75, 3.05) is 29.9 Å². The zero-order chi connectivity index (χ0) is 27.9. The van der Waals surface area contributed by atoms with E-state index in [2.05, 4.69) is 48.3 Å². The van der Waals surface area contributed by atoms with Gasteiger partial charge in [0.2, 0.25) is 5.91 Å². The van der Waals surface area contributed by atoms with Gasteiger partial charge < -0.3 is 19.7 Å². The van der Waals surface area contributed by atoms with E-state index in [0.29, 0.717) is 29.4 Å². The second-order valence-corrected chi connectivity index (χ2v) is 12.5. The fraction of sp³-hybridized carbons (Fsp3) is 0.484. The number of ether oxygens (including phenoxy) is 2. The van der Waals surface area contributed by atoms with Gasteiger partial charge >= 0.3 is 6.09 Å². The Kier molecular flexibility index (Phi) is 7.31. The van der Waals surface area contributed by atoms with Crippen molar-refractivity contribution < 1.29 is 19.1 Å². The van der Waals surface area contributed by atoms with Gasteiger partial charge in [0.05, 0.1) is 11.6 Å². The largest absolute Gasteiger partial charge is 0.479 e.